The minimum atomic E-state index is -0.171. The predicted molar refractivity (Wildman–Crippen MR) is 90.4 cm³/mol. The molecular formula is C17H20ClFN2O. The predicted octanol–water partition coefficient (Wildman–Crippen LogP) is 3.70. The Morgan fingerprint density at radius 1 is 1.00 bits per heavy atom. The second-order valence-electron chi connectivity index (χ2n) is 5.09. The van der Waals surface area contributed by atoms with E-state index in [1.54, 1.807) is 12.1 Å². The van der Waals surface area contributed by atoms with Crippen molar-refractivity contribution in [2.24, 2.45) is 0 Å². The van der Waals surface area contributed by atoms with Crippen molar-refractivity contribution >= 4 is 23.8 Å². The van der Waals surface area contributed by atoms with Gasteiger partial charge < -0.3 is 15.0 Å². The summed E-state index contributed by atoms with van der Waals surface area (Å²) in [5.41, 5.74) is 2.87. The second-order valence-corrected chi connectivity index (χ2v) is 5.09. The molecule has 0 bridgehead atoms. The van der Waals surface area contributed by atoms with Crippen LogP contribution in [0.3, 0.4) is 0 Å². The molecule has 0 unspecified atom stereocenters. The number of halogens is 2. The van der Waals surface area contributed by atoms with E-state index in [-0.39, 0.29) is 18.2 Å². The number of morpholine rings is 1. The lowest BCUT2D eigenvalue weighted by atomic mass is 10.2. The molecular weight excluding hydrogens is 303 g/mol. The first-order valence-corrected chi connectivity index (χ1v) is 7.23. The Labute approximate surface area is 136 Å². The molecule has 2 aromatic carbocycles. The van der Waals surface area contributed by atoms with Crippen molar-refractivity contribution in [2.45, 2.75) is 6.54 Å². The van der Waals surface area contributed by atoms with Crippen molar-refractivity contribution in [2.75, 3.05) is 36.5 Å². The normalized spacial score (nSPS) is 14.3. The van der Waals surface area contributed by atoms with E-state index in [1.807, 2.05) is 18.2 Å². The molecule has 118 valence electrons. The number of hydrogen-bond acceptors (Lipinski definition) is 3. The highest BCUT2D eigenvalue weighted by atomic mass is 35.5. The van der Waals surface area contributed by atoms with Gasteiger partial charge in [0.25, 0.3) is 0 Å². The van der Waals surface area contributed by atoms with Crippen LogP contribution in [0.4, 0.5) is 15.8 Å². The van der Waals surface area contributed by atoms with Gasteiger partial charge in [0.15, 0.2) is 0 Å². The van der Waals surface area contributed by atoms with E-state index in [0.29, 0.717) is 12.1 Å². The molecule has 22 heavy (non-hydrogen) atoms. The molecule has 3 rings (SSSR count). The summed E-state index contributed by atoms with van der Waals surface area (Å²) in [6.45, 7) is 3.92. The van der Waals surface area contributed by atoms with Gasteiger partial charge >= 0.3 is 0 Å². The van der Waals surface area contributed by atoms with Crippen LogP contribution >= 0.6 is 12.4 Å². The smallest absolute Gasteiger partial charge is 0.128 e. The average Bonchev–Trinajstić information content (AvgIpc) is 2.55. The highest BCUT2D eigenvalue weighted by Gasteiger charge is 2.10. The Morgan fingerprint density at radius 2 is 1.68 bits per heavy atom. The standard InChI is InChI=1S/C17H19FN2O.ClH/c18-17-4-2-1-3-14(17)13-19-15-5-7-16(8-6-15)20-9-11-21-12-10-20;/h1-8,19H,9-13H2;1H. The number of hydrogen-bond donors (Lipinski definition) is 1. The summed E-state index contributed by atoms with van der Waals surface area (Å²) in [5.74, 6) is -0.171. The first-order valence-electron chi connectivity index (χ1n) is 7.23. The molecule has 0 aromatic heterocycles. The molecule has 1 fully saturated rings. The third-order valence-electron chi connectivity index (χ3n) is 3.68. The van der Waals surface area contributed by atoms with Crippen LogP contribution in [0.5, 0.6) is 0 Å². The van der Waals surface area contributed by atoms with E-state index in [1.165, 1.54) is 11.8 Å². The lowest BCUT2D eigenvalue weighted by Crippen LogP contribution is -2.36. The van der Waals surface area contributed by atoms with Crippen molar-refractivity contribution in [3.8, 4) is 0 Å². The quantitative estimate of drug-likeness (QED) is 0.929. The summed E-state index contributed by atoms with van der Waals surface area (Å²) < 4.78 is 18.9. The van der Waals surface area contributed by atoms with E-state index in [9.17, 15) is 4.39 Å². The van der Waals surface area contributed by atoms with Gasteiger partial charge in [-0.1, -0.05) is 18.2 Å². The SMILES string of the molecule is Cl.Fc1ccccc1CNc1ccc(N2CCOCC2)cc1. The van der Waals surface area contributed by atoms with Crippen LogP contribution < -0.4 is 10.2 Å². The molecule has 5 heteroatoms. The summed E-state index contributed by atoms with van der Waals surface area (Å²) in [4.78, 5) is 2.31. The Bertz CT molecular complexity index is 585. The Hall–Kier alpha value is -1.78. The monoisotopic (exact) mass is 322 g/mol. The molecule has 0 atom stereocenters. The number of ether oxygens (including phenoxy) is 1. The highest BCUT2D eigenvalue weighted by molar-refractivity contribution is 5.85. The van der Waals surface area contributed by atoms with Gasteiger partial charge in [-0.15, -0.1) is 12.4 Å². The maximum atomic E-state index is 13.5. The van der Waals surface area contributed by atoms with Crippen LogP contribution in [0.2, 0.25) is 0 Å². The first-order chi connectivity index (χ1) is 10.3. The van der Waals surface area contributed by atoms with Gasteiger partial charge in [-0.25, -0.2) is 4.39 Å². The van der Waals surface area contributed by atoms with Crippen molar-refractivity contribution in [3.05, 3.63) is 59.9 Å². The van der Waals surface area contributed by atoms with Gasteiger partial charge in [-0.05, 0) is 30.3 Å². The summed E-state index contributed by atoms with van der Waals surface area (Å²) in [7, 11) is 0. The minimum Gasteiger partial charge on any atom is -0.381 e. The van der Waals surface area contributed by atoms with Crippen molar-refractivity contribution in [1.82, 2.24) is 0 Å². The molecule has 1 saturated heterocycles. The number of rotatable bonds is 4. The number of nitrogens with one attached hydrogen (secondary N) is 1. The topological polar surface area (TPSA) is 24.5 Å². The molecule has 2 aromatic rings. The van der Waals surface area contributed by atoms with Crippen molar-refractivity contribution in [1.29, 1.82) is 0 Å². The first kappa shape index (κ1) is 16.6. The summed E-state index contributed by atoms with van der Waals surface area (Å²) in [5, 5.41) is 3.25. The lowest BCUT2D eigenvalue weighted by molar-refractivity contribution is 0.122. The van der Waals surface area contributed by atoms with Crippen molar-refractivity contribution < 1.29 is 9.13 Å². The maximum absolute atomic E-state index is 13.5. The van der Waals surface area contributed by atoms with E-state index in [0.717, 1.165) is 32.0 Å². The molecule has 1 N–H and O–H groups in total. The zero-order valence-electron chi connectivity index (χ0n) is 12.3. The molecule has 1 aliphatic heterocycles. The maximum Gasteiger partial charge on any atom is 0.128 e. The van der Waals surface area contributed by atoms with Gasteiger partial charge in [0, 0.05) is 36.6 Å². The third-order valence-corrected chi connectivity index (χ3v) is 3.68. The molecule has 1 aliphatic rings. The Balaban J connectivity index is 0.00000176. The zero-order valence-corrected chi connectivity index (χ0v) is 13.1. The summed E-state index contributed by atoms with van der Waals surface area (Å²) >= 11 is 0. The molecule has 0 saturated carbocycles. The Kier molecular flexibility index (Phi) is 6.04. The number of nitrogens with zero attached hydrogens (tertiary/aromatic N) is 1. The fourth-order valence-corrected chi connectivity index (χ4v) is 2.45. The number of benzene rings is 2. The summed E-state index contributed by atoms with van der Waals surface area (Å²) in [6.07, 6.45) is 0. The average molecular weight is 323 g/mol. The van der Waals surface area contributed by atoms with Gasteiger partial charge in [-0.2, -0.15) is 0 Å². The molecule has 3 nitrogen and oxygen atoms in total. The van der Waals surface area contributed by atoms with Crippen LogP contribution in [0.1, 0.15) is 5.56 Å². The van der Waals surface area contributed by atoms with E-state index in [2.05, 4.69) is 22.3 Å². The molecule has 1 heterocycles. The molecule has 0 amide bonds. The van der Waals surface area contributed by atoms with Gasteiger partial charge in [0.2, 0.25) is 0 Å². The zero-order chi connectivity index (χ0) is 14.5. The lowest BCUT2D eigenvalue weighted by Gasteiger charge is -2.28. The Morgan fingerprint density at radius 3 is 2.36 bits per heavy atom. The fourth-order valence-electron chi connectivity index (χ4n) is 2.45. The van der Waals surface area contributed by atoms with E-state index in [4.69, 9.17) is 4.74 Å². The van der Waals surface area contributed by atoms with Crippen LogP contribution in [-0.2, 0) is 11.3 Å². The third kappa shape index (κ3) is 4.12. The molecule has 0 spiro atoms. The molecule has 0 aliphatic carbocycles. The molecule has 0 radical (unpaired) electrons. The second kappa shape index (κ2) is 8.01. The van der Waals surface area contributed by atoms with Gasteiger partial charge in [-0.3, -0.25) is 0 Å². The minimum absolute atomic E-state index is 0. The van der Waals surface area contributed by atoms with Gasteiger partial charge in [0.1, 0.15) is 5.82 Å². The highest BCUT2D eigenvalue weighted by Crippen LogP contribution is 2.19. The summed E-state index contributed by atoms with van der Waals surface area (Å²) in [6, 6.07) is 15.1. The van der Waals surface area contributed by atoms with Crippen LogP contribution in [-0.4, -0.2) is 26.3 Å². The largest absolute Gasteiger partial charge is 0.381 e. The van der Waals surface area contributed by atoms with Crippen molar-refractivity contribution in [3.63, 3.8) is 0 Å². The van der Waals surface area contributed by atoms with Crippen LogP contribution in [0.25, 0.3) is 0 Å². The number of anilines is 2. The van der Waals surface area contributed by atoms with E-state index < -0.39 is 0 Å². The van der Waals surface area contributed by atoms with E-state index >= 15 is 0 Å². The van der Waals surface area contributed by atoms with Crippen LogP contribution in [0, 0.1) is 5.82 Å². The fraction of sp³-hybridized carbons (Fsp3) is 0.294. The van der Waals surface area contributed by atoms with Crippen LogP contribution in [0.15, 0.2) is 48.5 Å². The van der Waals surface area contributed by atoms with Gasteiger partial charge in [0.05, 0.1) is 13.2 Å².